The number of non-ortho nitro benzene ring substituents is 1. The summed E-state index contributed by atoms with van der Waals surface area (Å²) >= 11 is 3.12. The average molecular weight is 360 g/mol. The summed E-state index contributed by atoms with van der Waals surface area (Å²) in [6.07, 6.45) is 3.81. The van der Waals surface area contributed by atoms with Gasteiger partial charge in [-0.2, -0.15) is 0 Å². The fourth-order valence-electron chi connectivity index (χ4n) is 5.05. The molecule has 1 aliphatic heterocycles. The van der Waals surface area contributed by atoms with Crippen LogP contribution >= 0.6 is 23.1 Å². The first-order chi connectivity index (χ1) is 11.6. The first-order valence-corrected chi connectivity index (χ1v) is 9.95. The van der Waals surface area contributed by atoms with Crippen LogP contribution in [0.25, 0.3) is 0 Å². The lowest BCUT2D eigenvalue weighted by Crippen LogP contribution is -2.33. The summed E-state index contributed by atoms with van der Waals surface area (Å²) in [5.41, 5.74) is 1.12. The first-order valence-electron chi connectivity index (χ1n) is 8.26. The number of benzene rings is 1. The van der Waals surface area contributed by atoms with Crippen molar-refractivity contribution in [3.63, 3.8) is 0 Å². The number of hydrogen-bond donors (Lipinski definition) is 1. The van der Waals surface area contributed by atoms with Crippen LogP contribution in [0, 0.1) is 27.9 Å². The van der Waals surface area contributed by atoms with E-state index in [-0.39, 0.29) is 21.4 Å². The Morgan fingerprint density at radius 1 is 1.25 bits per heavy atom. The van der Waals surface area contributed by atoms with Gasteiger partial charge in [0.25, 0.3) is 5.69 Å². The molecule has 5 atom stereocenters. The maximum absolute atomic E-state index is 11.9. The standard InChI is InChI=1S/C17H16N2O3S2/c20-17-18-16-15(24-17)13(8-2-1-3-11(7-8)19(21)22)12-9-4-5-10(6-9)14(12)23-16/h1-3,7,9-10,12-14H,4-6H2,(H,18,20). The molecular weight excluding hydrogens is 344 g/mol. The van der Waals surface area contributed by atoms with Gasteiger partial charge in [0.15, 0.2) is 0 Å². The molecule has 7 heteroatoms. The third-order valence-electron chi connectivity index (χ3n) is 5.91. The monoisotopic (exact) mass is 360 g/mol. The van der Waals surface area contributed by atoms with E-state index in [1.165, 1.54) is 30.6 Å². The highest BCUT2D eigenvalue weighted by molar-refractivity contribution is 8.00. The molecule has 24 heavy (non-hydrogen) atoms. The van der Waals surface area contributed by atoms with Crippen molar-refractivity contribution < 1.29 is 4.92 Å². The lowest BCUT2D eigenvalue weighted by molar-refractivity contribution is -0.384. The molecule has 0 saturated heterocycles. The van der Waals surface area contributed by atoms with Gasteiger partial charge in [-0.3, -0.25) is 14.9 Å². The zero-order chi connectivity index (χ0) is 16.4. The van der Waals surface area contributed by atoms with Gasteiger partial charge in [-0.1, -0.05) is 23.5 Å². The minimum absolute atomic E-state index is 0.0183. The summed E-state index contributed by atoms with van der Waals surface area (Å²) in [6.45, 7) is 0. The Balaban J connectivity index is 1.68. The quantitative estimate of drug-likeness (QED) is 0.649. The van der Waals surface area contributed by atoms with Crippen LogP contribution in [0.5, 0.6) is 0 Å². The molecule has 2 bridgehead atoms. The number of fused-ring (bicyclic) bond motifs is 6. The van der Waals surface area contributed by atoms with Crippen molar-refractivity contribution in [3.8, 4) is 0 Å². The number of aromatic nitrogens is 1. The molecule has 1 aromatic carbocycles. The molecule has 2 aliphatic carbocycles. The normalized spacial score (nSPS) is 33.2. The van der Waals surface area contributed by atoms with Crippen LogP contribution in [0.2, 0.25) is 0 Å². The predicted molar refractivity (Wildman–Crippen MR) is 93.8 cm³/mol. The van der Waals surface area contributed by atoms with E-state index in [0.29, 0.717) is 17.1 Å². The van der Waals surface area contributed by atoms with Crippen LogP contribution in [0.15, 0.2) is 34.1 Å². The van der Waals surface area contributed by atoms with Crippen molar-refractivity contribution in [1.82, 2.24) is 4.98 Å². The summed E-state index contributed by atoms with van der Waals surface area (Å²) in [4.78, 5) is 26.9. The Hall–Kier alpha value is -1.60. The van der Waals surface area contributed by atoms with Gasteiger partial charge < -0.3 is 4.98 Å². The molecule has 5 unspecified atom stereocenters. The fraction of sp³-hybridized carbons (Fsp3) is 0.471. The molecule has 2 fully saturated rings. The number of thiazole rings is 1. The molecule has 5 rings (SSSR count). The van der Waals surface area contributed by atoms with E-state index in [9.17, 15) is 14.9 Å². The number of rotatable bonds is 2. The SMILES string of the molecule is O=c1[nH]c2c(s1)C(c1cccc([N+](=O)[O-])c1)C1C3CCC(C3)C1S2. The molecule has 2 heterocycles. The maximum atomic E-state index is 11.9. The summed E-state index contributed by atoms with van der Waals surface area (Å²) in [5, 5.41) is 12.7. The molecule has 1 aromatic heterocycles. The molecule has 0 amide bonds. The van der Waals surface area contributed by atoms with Crippen LogP contribution in [-0.2, 0) is 0 Å². The van der Waals surface area contributed by atoms with E-state index in [1.807, 2.05) is 17.8 Å². The van der Waals surface area contributed by atoms with Gasteiger partial charge in [0.2, 0.25) is 0 Å². The lowest BCUT2D eigenvalue weighted by atomic mass is 9.75. The van der Waals surface area contributed by atoms with Gasteiger partial charge in [0.1, 0.15) is 0 Å². The van der Waals surface area contributed by atoms with Gasteiger partial charge in [-0.25, -0.2) is 0 Å². The van der Waals surface area contributed by atoms with E-state index in [1.54, 1.807) is 18.2 Å². The Labute approximate surface area is 146 Å². The average Bonchev–Trinajstić information content (AvgIpc) is 3.26. The molecule has 0 spiro atoms. The number of nitrogens with one attached hydrogen (secondary N) is 1. The van der Waals surface area contributed by atoms with E-state index < -0.39 is 0 Å². The lowest BCUT2D eigenvalue weighted by Gasteiger charge is -2.40. The van der Waals surface area contributed by atoms with E-state index >= 15 is 0 Å². The van der Waals surface area contributed by atoms with Gasteiger partial charge in [0.05, 0.1) is 9.95 Å². The van der Waals surface area contributed by atoms with E-state index in [2.05, 4.69) is 4.98 Å². The third-order valence-corrected chi connectivity index (χ3v) is 8.53. The number of nitrogens with zero attached hydrogens (tertiary/aromatic N) is 1. The van der Waals surface area contributed by atoms with Crippen LogP contribution < -0.4 is 4.87 Å². The van der Waals surface area contributed by atoms with Gasteiger partial charge in [-0.05, 0) is 42.6 Å². The van der Waals surface area contributed by atoms with Crippen molar-refractivity contribution in [2.24, 2.45) is 17.8 Å². The minimum Gasteiger partial charge on any atom is -0.307 e. The number of nitro groups is 1. The number of thioether (sulfide) groups is 1. The van der Waals surface area contributed by atoms with Gasteiger partial charge >= 0.3 is 4.87 Å². The van der Waals surface area contributed by atoms with Crippen LogP contribution in [0.3, 0.4) is 0 Å². The summed E-state index contributed by atoms with van der Waals surface area (Å²) in [5.74, 6) is 2.02. The minimum atomic E-state index is -0.333. The fourth-order valence-corrected chi connectivity index (χ4v) is 7.95. The molecule has 1 N–H and O–H groups in total. The van der Waals surface area contributed by atoms with Crippen molar-refractivity contribution >= 4 is 28.8 Å². The predicted octanol–water partition coefficient (Wildman–Crippen LogP) is 4.00. The molecule has 0 radical (unpaired) electrons. The second-order valence-electron chi connectivity index (χ2n) is 7.03. The second-order valence-corrected chi connectivity index (χ2v) is 9.23. The largest absolute Gasteiger partial charge is 0.307 e. The van der Waals surface area contributed by atoms with E-state index in [0.717, 1.165) is 21.4 Å². The van der Waals surface area contributed by atoms with Gasteiger partial charge in [-0.15, -0.1) is 11.8 Å². The molecular formula is C17H16N2O3S2. The van der Waals surface area contributed by atoms with Crippen LogP contribution in [-0.4, -0.2) is 15.2 Å². The number of H-pyrrole nitrogens is 1. The van der Waals surface area contributed by atoms with Crippen molar-refractivity contribution in [1.29, 1.82) is 0 Å². The molecule has 124 valence electrons. The van der Waals surface area contributed by atoms with Crippen molar-refractivity contribution in [2.45, 2.75) is 35.5 Å². The van der Waals surface area contributed by atoms with Gasteiger partial charge in [0, 0.05) is 28.2 Å². The topological polar surface area (TPSA) is 76.0 Å². The zero-order valence-corrected chi connectivity index (χ0v) is 14.4. The summed E-state index contributed by atoms with van der Waals surface area (Å²) in [6, 6.07) is 7.01. The number of hydrogen-bond acceptors (Lipinski definition) is 5. The Kier molecular flexibility index (Phi) is 3.19. The third kappa shape index (κ3) is 2.04. The Bertz CT molecular complexity index is 890. The number of nitro benzene ring substituents is 1. The molecule has 2 saturated carbocycles. The summed E-state index contributed by atoms with van der Waals surface area (Å²) in [7, 11) is 0. The molecule has 2 aromatic rings. The summed E-state index contributed by atoms with van der Waals surface area (Å²) < 4.78 is 0. The van der Waals surface area contributed by atoms with Crippen molar-refractivity contribution in [3.05, 3.63) is 54.5 Å². The Morgan fingerprint density at radius 2 is 2.08 bits per heavy atom. The highest BCUT2D eigenvalue weighted by Gasteiger charge is 2.54. The molecule has 3 aliphatic rings. The van der Waals surface area contributed by atoms with Crippen molar-refractivity contribution in [2.75, 3.05) is 0 Å². The highest BCUT2D eigenvalue weighted by atomic mass is 32.2. The maximum Gasteiger partial charge on any atom is 0.305 e. The zero-order valence-electron chi connectivity index (χ0n) is 12.8. The highest BCUT2D eigenvalue weighted by Crippen LogP contribution is 2.63. The first kappa shape index (κ1) is 14.7. The van der Waals surface area contributed by atoms with Crippen LogP contribution in [0.4, 0.5) is 5.69 Å². The second kappa shape index (κ2) is 5.20. The number of aromatic amines is 1. The molecule has 5 nitrogen and oxygen atoms in total. The van der Waals surface area contributed by atoms with E-state index in [4.69, 9.17) is 0 Å². The smallest absolute Gasteiger partial charge is 0.305 e. The Morgan fingerprint density at radius 3 is 2.92 bits per heavy atom. The van der Waals surface area contributed by atoms with Crippen LogP contribution in [0.1, 0.15) is 35.6 Å².